The van der Waals surface area contributed by atoms with Crippen LogP contribution >= 0.6 is 0 Å². The lowest BCUT2D eigenvalue weighted by Crippen LogP contribution is -2.57. The molecule has 1 amide bonds. The van der Waals surface area contributed by atoms with Gasteiger partial charge in [-0.15, -0.1) is 0 Å². The maximum atomic E-state index is 14.4. The molecule has 2 heterocycles. The van der Waals surface area contributed by atoms with E-state index in [0.29, 0.717) is 24.9 Å². The quantitative estimate of drug-likeness (QED) is 0.219. The Morgan fingerprint density at radius 3 is 2.19 bits per heavy atom. The first-order chi connectivity index (χ1) is 24.5. The number of aryl methyl sites for hydroxylation is 2. The Kier molecular flexibility index (Phi) is 12.3. The largest absolute Gasteiger partial charge is 0.468 e. The van der Waals surface area contributed by atoms with Crippen LogP contribution in [0.3, 0.4) is 0 Å². The molecule has 5 rings (SSSR count). The van der Waals surface area contributed by atoms with E-state index >= 15 is 0 Å². The van der Waals surface area contributed by atoms with Crippen LogP contribution < -0.4 is 10.9 Å². The van der Waals surface area contributed by atoms with E-state index in [0.717, 1.165) is 34.3 Å². The highest BCUT2D eigenvalue weighted by Crippen LogP contribution is 2.47. The molecular weight excluding hydrogens is 723 g/mol. The number of carbonyl (C=O) groups is 2. The monoisotopic (exact) mass is 764 g/mol. The van der Waals surface area contributed by atoms with Crippen LogP contribution in [-0.4, -0.2) is 86.0 Å². The van der Waals surface area contributed by atoms with E-state index in [-0.39, 0.29) is 10.9 Å². The average Bonchev–Trinajstić information content (AvgIpc) is 3.49. The van der Waals surface area contributed by atoms with Crippen LogP contribution in [0.5, 0.6) is 0 Å². The summed E-state index contributed by atoms with van der Waals surface area (Å²) in [6.45, 7) is -0.557. The number of methoxy groups -OCH3 is 1. The molecule has 17 heteroatoms. The smallest absolute Gasteiger partial charge is 0.417 e. The summed E-state index contributed by atoms with van der Waals surface area (Å²) < 4.78 is 125. The summed E-state index contributed by atoms with van der Waals surface area (Å²) in [6.07, 6.45) is -14.5. The maximum absolute atomic E-state index is 14.4. The molecule has 1 saturated heterocycles. The minimum absolute atomic E-state index is 0.0863. The molecule has 8 nitrogen and oxygen atoms in total. The molecule has 1 unspecified atom stereocenters. The summed E-state index contributed by atoms with van der Waals surface area (Å²) in [5, 5.41) is 1.93. The molecular formula is C36H41F9N4O4. The number of esters is 1. The number of likely N-dealkylation sites (tertiary alicyclic amines) is 1. The number of alkyl halides is 9. The highest BCUT2D eigenvalue weighted by Gasteiger charge is 2.61. The van der Waals surface area contributed by atoms with Crippen molar-refractivity contribution in [3.05, 3.63) is 80.1 Å². The van der Waals surface area contributed by atoms with Gasteiger partial charge in [0.15, 0.2) is 0 Å². The van der Waals surface area contributed by atoms with Crippen molar-refractivity contribution < 1.29 is 53.8 Å². The molecule has 3 aromatic rings. The van der Waals surface area contributed by atoms with Crippen molar-refractivity contribution in [3.8, 4) is 0 Å². The van der Waals surface area contributed by atoms with Crippen LogP contribution in [0.4, 0.5) is 39.5 Å². The number of pyridine rings is 1. The van der Waals surface area contributed by atoms with Crippen LogP contribution in [0.1, 0.15) is 58.6 Å². The Bertz CT molecular complexity index is 1880. The van der Waals surface area contributed by atoms with Gasteiger partial charge in [-0.25, -0.2) is 0 Å². The van der Waals surface area contributed by atoms with Gasteiger partial charge in [-0.05, 0) is 88.1 Å². The van der Waals surface area contributed by atoms with Gasteiger partial charge in [-0.1, -0.05) is 30.3 Å². The van der Waals surface area contributed by atoms with Crippen molar-refractivity contribution in [1.82, 2.24) is 19.7 Å². The number of piperidine rings is 1. The predicted octanol–water partition coefficient (Wildman–Crippen LogP) is 6.49. The Hall–Kier alpha value is -4.12. The second kappa shape index (κ2) is 15.7. The number of hydrogen-bond acceptors (Lipinski definition) is 6. The number of nitrogens with one attached hydrogen (secondary N) is 1. The lowest BCUT2D eigenvalue weighted by molar-refractivity contribution is -0.236. The SMILES string of the molecule is COC(=O)CNC(=O)C1(C(F)(F)F)CCN(CC(F)(F)F)CC1.Cc1cccc2c1CCC2c1c(C(F)(F)F)c2ccc(CN(C)C)cc2n(C)c1=O. The number of amides is 1. The summed E-state index contributed by atoms with van der Waals surface area (Å²) >= 11 is 0. The number of halogens is 9. The molecule has 1 aliphatic carbocycles. The van der Waals surface area contributed by atoms with Gasteiger partial charge in [0, 0.05) is 30.5 Å². The second-order valence-corrected chi connectivity index (χ2v) is 13.7. The minimum atomic E-state index is -4.93. The highest BCUT2D eigenvalue weighted by atomic mass is 19.4. The predicted molar refractivity (Wildman–Crippen MR) is 178 cm³/mol. The molecule has 1 fully saturated rings. The summed E-state index contributed by atoms with van der Waals surface area (Å²) in [4.78, 5) is 38.9. The van der Waals surface area contributed by atoms with E-state index in [9.17, 15) is 53.9 Å². The molecule has 0 radical (unpaired) electrons. The molecule has 2 aliphatic rings. The van der Waals surface area contributed by atoms with Crippen molar-refractivity contribution in [1.29, 1.82) is 0 Å². The average molecular weight is 765 g/mol. The van der Waals surface area contributed by atoms with E-state index in [1.807, 2.05) is 49.4 Å². The third kappa shape index (κ3) is 9.16. The number of hydrogen-bond donors (Lipinski definition) is 1. The molecule has 0 spiro atoms. The van der Waals surface area contributed by atoms with Gasteiger partial charge < -0.3 is 19.5 Å². The third-order valence-electron chi connectivity index (χ3n) is 9.84. The van der Waals surface area contributed by atoms with Crippen molar-refractivity contribution in [2.45, 2.75) is 63.6 Å². The van der Waals surface area contributed by atoms with E-state index in [1.54, 1.807) is 19.2 Å². The minimum Gasteiger partial charge on any atom is -0.468 e. The first-order valence-corrected chi connectivity index (χ1v) is 16.7. The third-order valence-corrected chi connectivity index (χ3v) is 9.84. The van der Waals surface area contributed by atoms with Crippen LogP contribution in [0, 0.1) is 12.3 Å². The molecule has 0 bridgehead atoms. The molecule has 2 aromatic carbocycles. The summed E-state index contributed by atoms with van der Waals surface area (Å²) in [5.41, 5.74) is -0.101. The van der Waals surface area contributed by atoms with Crippen LogP contribution in [0.2, 0.25) is 0 Å². The Morgan fingerprint density at radius 2 is 1.64 bits per heavy atom. The Labute approximate surface area is 299 Å². The van der Waals surface area contributed by atoms with E-state index in [2.05, 4.69) is 4.74 Å². The van der Waals surface area contributed by atoms with Gasteiger partial charge in [-0.3, -0.25) is 19.3 Å². The highest BCUT2D eigenvalue weighted by molar-refractivity contribution is 5.87. The van der Waals surface area contributed by atoms with Crippen molar-refractivity contribution in [2.24, 2.45) is 12.5 Å². The van der Waals surface area contributed by atoms with E-state index in [1.165, 1.54) is 10.6 Å². The number of benzene rings is 2. The fourth-order valence-corrected chi connectivity index (χ4v) is 7.22. The van der Waals surface area contributed by atoms with E-state index < -0.39 is 91.9 Å². The lowest BCUT2D eigenvalue weighted by Gasteiger charge is -2.41. The van der Waals surface area contributed by atoms with E-state index in [4.69, 9.17) is 0 Å². The molecule has 1 aromatic heterocycles. The second-order valence-electron chi connectivity index (χ2n) is 13.7. The zero-order chi connectivity index (χ0) is 39.7. The van der Waals surface area contributed by atoms with Gasteiger partial charge >= 0.3 is 24.5 Å². The van der Waals surface area contributed by atoms with Crippen molar-refractivity contribution in [3.63, 3.8) is 0 Å². The van der Waals surface area contributed by atoms with Crippen LogP contribution in [0.15, 0.2) is 41.2 Å². The van der Waals surface area contributed by atoms with Crippen molar-refractivity contribution >= 4 is 22.8 Å². The number of aromatic nitrogens is 1. The van der Waals surface area contributed by atoms with Gasteiger partial charge in [0.2, 0.25) is 5.91 Å². The van der Waals surface area contributed by atoms with Crippen LogP contribution in [-0.2, 0) is 40.5 Å². The zero-order valence-electron chi connectivity index (χ0n) is 29.8. The Balaban J connectivity index is 0.000000247. The molecule has 1 N–H and O–H groups in total. The first-order valence-electron chi connectivity index (χ1n) is 16.7. The number of nitrogens with zero attached hydrogens (tertiary/aromatic N) is 3. The summed E-state index contributed by atoms with van der Waals surface area (Å²) in [7, 11) is 6.36. The first kappa shape index (κ1) is 41.6. The topological polar surface area (TPSA) is 83.9 Å². The van der Waals surface area contributed by atoms with Gasteiger partial charge in [-0.2, -0.15) is 39.5 Å². The molecule has 0 saturated carbocycles. The standard InChI is InChI=1S/C24H25F3N2O.C12H16F6N2O3/c1-14-6-5-7-17-16(14)10-11-18(17)21-22(24(25,26)27)19-9-8-15(13-28(2)3)12-20(19)29(4)23(21)30;1-23-8(21)6-19-9(22)10(12(16,17)18)2-4-20(5-3-10)7-11(13,14)15/h5-9,12,18H,10-11,13H2,1-4H3;2-7H2,1H3,(H,19,22). The molecule has 1 atom stereocenters. The summed E-state index contributed by atoms with van der Waals surface area (Å²) in [6, 6.07) is 10.6. The summed E-state index contributed by atoms with van der Waals surface area (Å²) in [5.74, 6) is -2.90. The zero-order valence-corrected chi connectivity index (χ0v) is 29.8. The van der Waals surface area contributed by atoms with Crippen LogP contribution in [0.25, 0.3) is 10.9 Å². The number of ether oxygens (including phenoxy) is 1. The molecule has 292 valence electrons. The van der Waals surface area contributed by atoms with Crippen molar-refractivity contribution in [2.75, 3.05) is 47.4 Å². The van der Waals surface area contributed by atoms with Gasteiger partial charge in [0.1, 0.15) is 12.0 Å². The fraction of sp³-hybridized carbons (Fsp3) is 0.528. The Morgan fingerprint density at radius 1 is 1.00 bits per heavy atom. The number of fused-ring (bicyclic) bond motifs is 2. The number of rotatable bonds is 7. The maximum Gasteiger partial charge on any atom is 0.417 e. The molecule has 53 heavy (non-hydrogen) atoms. The lowest BCUT2D eigenvalue weighted by atomic mass is 9.76. The normalized spacial score (nSPS) is 17.7. The fourth-order valence-electron chi connectivity index (χ4n) is 7.22. The molecule has 1 aliphatic heterocycles. The number of carbonyl (C=O) groups excluding carboxylic acids is 2. The van der Waals surface area contributed by atoms with Gasteiger partial charge in [0.25, 0.3) is 5.56 Å². The van der Waals surface area contributed by atoms with Gasteiger partial charge in [0.05, 0.1) is 24.7 Å².